The summed E-state index contributed by atoms with van der Waals surface area (Å²) in [5.41, 5.74) is 11.3. The molecule has 2 heterocycles. The second-order valence-electron chi connectivity index (χ2n) is 12.4. The molecule has 0 bridgehead atoms. The Labute approximate surface area is 250 Å². The normalized spacial score (nSPS) is 19.4. The fraction of sp³-hybridized carbons (Fsp3) is 0.125. The third-order valence-electron chi connectivity index (χ3n) is 9.72. The quantitative estimate of drug-likeness (QED) is 0.213. The van der Waals surface area contributed by atoms with Gasteiger partial charge in [0.25, 0.3) is 0 Å². The van der Waals surface area contributed by atoms with Crippen molar-refractivity contribution in [2.75, 3.05) is 0 Å². The topological polar surface area (TPSA) is 31.2 Å². The van der Waals surface area contributed by atoms with Gasteiger partial charge < -0.3 is 9.30 Å². The van der Waals surface area contributed by atoms with Crippen molar-refractivity contribution < 1.29 is 9.53 Å². The number of para-hydroxylation sites is 1. The molecule has 0 radical (unpaired) electrons. The van der Waals surface area contributed by atoms with Crippen LogP contribution in [-0.4, -0.2) is 16.5 Å². The number of hydrogen-bond acceptors (Lipinski definition) is 2. The van der Waals surface area contributed by atoms with Gasteiger partial charge in [0.2, 0.25) is 0 Å². The van der Waals surface area contributed by atoms with E-state index in [0.29, 0.717) is 11.3 Å². The van der Waals surface area contributed by atoms with Gasteiger partial charge in [-0.1, -0.05) is 98.8 Å². The first-order chi connectivity index (χ1) is 21.0. The Kier molecular flexibility index (Phi) is 4.94. The van der Waals surface area contributed by atoms with Gasteiger partial charge in [-0.15, -0.1) is 0 Å². The first-order valence-electron chi connectivity index (χ1n) is 15.0. The minimum absolute atomic E-state index is 0.0960. The number of hydrogen-bond donors (Lipinski definition) is 0. The van der Waals surface area contributed by atoms with Crippen LogP contribution >= 0.6 is 0 Å². The number of ether oxygens (including phenoxy) is 1. The SMILES string of the molecule is CC1(C)c2ccccc2-c2cc3c4ccccc4n(-c4ccc5c(c4)OC4C=CC(c6ccccc6)=CC4C5=O)c3cc21. The number of Topliss-reactive ketones (excluding diaryl/α,β-unsaturated/α-hetero) is 1. The Morgan fingerprint density at radius 1 is 0.698 bits per heavy atom. The van der Waals surface area contributed by atoms with Gasteiger partial charge in [-0.25, -0.2) is 0 Å². The van der Waals surface area contributed by atoms with E-state index in [-0.39, 0.29) is 23.2 Å². The second kappa shape index (κ2) is 8.68. The van der Waals surface area contributed by atoms with Gasteiger partial charge in [-0.2, -0.15) is 0 Å². The van der Waals surface area contributed by atoms with Gasteiger partial charge in [-0.05, 0) is 69.8 Å². The van der Waals surface area contributed by atoms with E-state index in [2.05, 4.69) is 109 Å². The molecule has 206 valence electrons. The van der Waals surface area contributed by atoms with Crippen molar-refractivity contribution in [3.05, 3.63) is 150 Å². The van der Waals surface area contributed by atoms with Gasteiger partial charge in [0.05, 0.1) is 22.5 Å². The van der Waals surface area contributed by atoms with E-state index in [1.165, 1.54) is 33.0 Å². The number of carbonyl (C=O) groups excluding carboxylic acids is 1. The summed E-state index contributed by atoms with van der Waals surface area (Å²) in [6, 6.07) is 38.4. The fourth-order valence-electron chi connectivity index (χ4n) is 7.54. The van der Waals surface area contributed by atoms with Crippen LogP contribution in [0.4, 0.5) is 0 Å². The Bertz CT molecular complexity index is 2210. The molecular weight excluding hydrogens is 526 g/mol. The van der Waals surface area contributed by atoms with E-state index >= 15 is 0 Å². The summed E-state index contributed by atoms with van der Waals surface area (Å²) in [6.45, 7) is 4.64. The second-order valence-corrected chi connectivity index (χ2v) is 12.4. The average molecular weight is 556 g/mol. The lowest BCUT2D eigenvalue weighted by Crippen LogP contribution is -2.36. The lowest BCUT2D eigenvalue weighted by Gasteiger charge is -2.32. The zero-order valence-corrected chi connectivity index (χ0v) is 24.0. The van der Waals surface area contributed by atoms with Crippen molar-refractivity contribution in [3.8, 4) is 22.6 Å². The molecule has 3 nitrogen and oxygen atoms in total. The first-order valence-corrected chi connectivity index (χ1v) is 15.0. The van der Waals surface area contributed by atoms with Crippen LogP contribution in [0.2, 0.25) is 0 Å². The maximum atomic E-state index is 13.8. The molecule has 1 aliphatic heterocycles. The first kappa shape index (κ1) is 24.4. The third kappa shape index (κ3) is 3.39. The summed E-state index contributed by atoms with van der Waals surface area (Å²) < 4.78 is 8.86. The van der Waals surface area contributed by atoms with Crippen LogP contribution in [0.3, 0.4) is 0 Å². The van der Waals surface area contributed by atoms with Crippen LogP contribution in [0.1, 0.15) is 40.9 Å². The van der Waals surface area contributed by atoms with Crippen LogP contribution in [0.5, 0.6) is 5.75 Å². The Balaban J connectivity index is 1.19. The van der Waals surface area contributed by atoms with Gasteiger partial charge in [-0.3, -0.25) is 4.79 Å². The molecule has 6 aromatic rings. The zero-order chi connectivity index (χ0) is 28.9. The highest BCUT2D eigenvalue weighted by molar-refractivity contribution is 6.12. The third-order valence-corrected chi connectivity index (χ3v) is 9.72. The number of benzene rings is 5. The van der Waals surface area contributed by atoms with Crippen LogP contribution in [0, 0.1) is 5.92 Å². The van der Waals surface area contributed by atoms with Gasteiger partial charge in [0.1, 0.15) is 11.9 Å². The lowest BCUT2D eigenvalue weighted by molar-refractivity contribution is 0.0808. The molecule has 0 spiro atoms. The largest absolute Gasteiger partial charge is 0.484 e. The van der Waals surface area contributed by atoms with Gasteiger partial charge >= 0.3 is 0 Å². The van der Waals surface area contributed by atoms with E-state index in [1.54, 1.807) is 0 Å². The summed E-state index contributed by atoms with van der Waals surface area (Å²) in [5.74, 6) is 0.415. The highest BCUT2D eigenvalue weighted by atomic mass is 16.5. The predicted octanol–water partition coefficient (Wildman–Crippen LogP) is 9.30. The molecule has 0 saturated carbocycles. The van der Waals surface area contributed by atoms with Crippen molar-refractivity contribution in [1.82, 2.24) is 4.57 Å². The lowest BCUT2D eigenvalue weighted by atomic mass is 9.82. The number of ketones is 1. The monoisotopic (exact) mass is 555 g/mol. The molecule has 0 saturated heterocycles. The highest BCUT2D eigenvalue weighted by Gasteiger charge is 2.38. The molecule has 43 heavy (non-hydrogen) atoms. The molecule has 2 unspecified atom stereocenters. The van der Waals surface area contributed by atoms with Crippen LogP contribution in [0.25, 0.3) is 44.2 Å². The highest BCUT2D eigenvalue weighted by Crippen LogP contribution is 2.51. The molecule has 3 aliphatic rings. The number of nitrogens with zero attached hydrogens (tertiary/aromatic N) is 1. The van der Waals surface area contributed by atoms with Crippen LogP contribution in [0.15, 0.2) is 127 Å². The molecule has 5 aromatic carbocycles. The Hall–Kier alpha value is -5.15. The zero-order valence-electron chi connectivity index (χ0n) is 24.0. The van der Waals surface area contributed by atoms with E-state index in [4.69, 9.17) is 4.74 Å². The summed E-state index contributed by atoms with van der Waals surface area (Å²) in [5, 5.41) is 2.44. The van der Waals surface area contributed by atoms with E-state index in [9.17, 15) is 4.79 Å². The maximum absolute atomic E-state index is 13.8. The summed E-state index contributed by atoms with van der Waals surface area (Å²) >= 11 is 0. The summed E-state index contributed by atoms with van der Waals surface area (Å²) in [4.78, 5) is 13.8. The van der Waals surface area contributed by atoms with Crippen molar-refractivity contribution in [2.24, 2.45) is 5.92 Å². The summed E-state index contributed by atoms with van der Waals surface area (Å²) in [7, 11) is 0. The molecule has 0 fully saturated rings. The minimum atomic E-state index is -0.335. The maximum Gasteiger partial charge on any atom is 0.177 e. The molecule has 2 atom stereocenters. The van der Waals surface area contributed by atoms with Crippen LogP contribution < -0.4 is 4.74 Å². The molecule has 3 heteroatoms. The number of fused-ring (bicyclic) bond motifs is 8. The Morgan fingerprint density at radius 2 is 1.49 bits per heavy atom. The smallest absolute Gasteiger partial charge is 0.177 e. The standard InChI is InChI=1S/C40H29NO2/c1-40(2)33-14-8-6-12-27(33)30-22-31-28-13-7-9-15-35(28)41(36(31)23-34(30)40)26-17-18-29-38(21-26)43-37-19-16-25(20-32(37)39(29)42)24-10-4-3-5-11-24/h3-23,32,37H,1-2H3. The number of rotatable bonds is 2. The molecule has 0 N–H and O–H groups in total. The average Bonchev–Trinajstić information content (AvgIpc) is 3.49. The van der Waals surface area contributed by atoms with Gasteiger partial charge in [0, 0.05) is 27.9 Å². The molecule has 1 aromatic heterocycles. The fourth-order valence-corrected chi connectivity index (χ4v) is 7.54. The predicted molar refractivity (Wildman–Crippen MR) is 174 cm³/mol. The summed E-state index contributed by atoms with van der Waals surface area (Å²) in [6.07, 6.45) is 5.85. The van der Waals surface area contributed by atoms with Crippen molar-refractivity contribution in [3.63, 3.8) is 0 Å². The molecule has 2 aliphatic carbocycles. The minimum Gasteiger partial charge on any atom is -0.484 e. The molecule has 9 rings (SSSR count). The number of carbonyl (C=O) groups is 1. The van der Waals surface area contributed by atoms with Crippen molar-refractivity contribution >= 4 is 33.2 Å². The van der Waals surface area contributed by atoms with Crippen molar-refractivity contribution in [2.45, 2.75) is 25.4 Å². The van der Waals surface area contributed by atoms with E-state index in [1.807, 2.05) is 36.4 Å². The number of aromatic nitrogens is 1. The number of allylic oxidation sites excluding steroid dienone is 2. The molecular formula is C40H29NO2. The van der Waals surface area contributed by atoms with Gasteiger partial charge in [0.15, 0.2) is 5.78 Å². The molecule has 0 amide bonds. The Morgan fingerprint density at radius 3 is 2.37 bits per heavy atom. The van der Waals surface area contributed by atoms with E-state index in [0.717, 1.165) is 27.9 Å². The van der Waals surface area contributed by atoms with Crippen LogP contribution in [-0.2, 0) is 5.41 Å². The van der Waals surface area contributed by atoms with Crippen molar-refractivity contribution in [1.29, 1.82) is 0 Å². The van der Waals surface area contributed by atoms with E-state index < -0.39 is 0 Å².